The Kier molecular flexibility index (Phi) is 4.61. The molecule has 1 aromatic rings. The van der Waals surface area contributed by atoms with E-state index in [-0.39, 0.29) is 0 Å². The zero-order chi connectivity index (χ0) is 17.4. The Bertz CT molecular complexity index is 719. The highest BCUT2D eigenvalue weighted by Gasteiger charge is 2.36. The molecule has 1 N–H and O–H groups in total. The average Bonchev–Trinajstić information content (AvgIpc) is 2.88. The van der Waals surface area contributed by atoms with E-state index in [1.165, 1.54) is 0 Å². The number of carboxylic acids is 1. The molecule has 0 heterocycles. The number of carboxylic acid groups (broad SMARTS) is 1. The van der Waals surface area contributed by atoms with Gasteiger partial charge in [0.1, 0.15) is 10.5 Å². The van der Waals surface area contributed by atoms with Crippen LogP contribution in [0.4, 0.5) is 13.2 Å². The second-order valence-corrected chi connectivity index (χ2v) is 7.43. The molecule has 128 valence electrons. The Morgan fingerprint density at radius 2 is 1.83 bits per heavy atom. The van der Waals surface area contributed by atoms with Crippen LogP contribution >= 0.6 is 0 Å². The molecule has 0 amide bonds. The van der Waals surface area contributed by atoms with E-state index < -0.39 is 49.9 Å². The summed E-state index contributed by atoms with van der Waals surface area (Å²) in [6.07, 6.45) is -1.67. The van der Waals surface area contributed by atoms with Crippen molar-refractivity contribution in [1.82, 2.24) is 0 Å². The van der Waals surface area contributed by atoms with Gasteiger partial charge in [0.05, 0.1) is 11.7 Å². The third-order valence-corrected chi connectivity index (χ3v) is 4.70. The van der Waals surface area contributed by atoms with Crippen LogP contribution in [-0.4, -0.2) is 31.9 Å². The zero-order valence-corrected chi connectivity index (χ0v) is 13.0. The molecule has 1 aliphatic rings. The van der Waals surface area contributed by atoms with Gasteiger partial charge < -0.3 is 9.84 Å². The van der Waals surface area contributed by atoms with Gasteiger partial charge in [0.15, 0.2) is 15.6 Å². The maximum Gasteiger partial charge on any atom is 0.416 e. The molecule has 1 saturated carbocycles. The van der Waals surface area contributed by atoms with Crippen LogP contribution in [0.2, 0.25) is 0 Å². The van der Waals surface area contributed by atoms with Crippen LogP contribution in [0, 0.1) is 0 Å². The zero-order valence-electron chi connectivity index (χ0n) is 12.2. The maximum atomic E-state index is 12.9. The quantitative estimate of drug-likeness (QED) is 0.900. The molecule has 0 atom stereocenters. The summed E-state index contributed by atoms with van der Waals surface area (Å²) in [5, 5.41) is 9.18. The van der Waals surface area contributed by atoms with E-state index in [4.69, 9.17) is 4.74 Å². The first-order chi connectivity index (χ1) is 10.5. The minimum absolute atomic E-state index is 0.398. The van der Waals surface area contributed by atoms with Gasteiger partial charge in [-0.05, 0) is 37.8 Å². The Hall–Kier alpha value is -1.77. The SMILES string of the molecule is CS(=O)(=O)c1cc(C(F)(F)F)cc(C(=O)O)c1OC1CCCC1. The lowest BCUT2D eigenvalue weighted by atomic mass is 10.1. The molecule has 1 fully saturated rings. The van der Waals surface area contributed by atoms with Crippen LogP contribution in [0.5, 0.6) is 5.75 Å². The van der Waals surface area contributed by atoms with Crippen LogP contribution < -0.4 is 4.74 Å². The standard InChI is InChI=1S/C14H15F3O5S/c1-23(20,21)11-7-8(14(15,16)17)6-10(13(18)19)12(11)22-9-4-2-3-5-9/h6-7,9H,2-5H2,1H3,(H,18,19). The molecule has 0 aliphatic heterocycles. The van der Waals surface area contributed by atoms with E-state index in [1.807, 2.05) is 0 Å². The number of halogens is 3. The molecule has 0 unspecified atom stereocenters. The fraction of sp³-hybridized carbons (Fsp3) is 0.500. The lowest BCUT2D eigenvalue weighted by Crippen LogP contribution is -2.18. The van der Waals surface area contributed by atoms with Crippen molar-refractivity contribution < 1.29 is 36.2 Å². The number of benzene rings is 1. The minimum atomic E-state index is -4.87. The Morgan fingerprint density at radius 3 is 2.26 bits per heavy atom. The number of alkyl halides is 3. The Balaban J connectivity index is 2.67. The fourth-order valence-corrected chi connectivity index (χ4v) is 3.33. The monoisotopic (exact) mass is 352 g/mol. The molecule has 9 heteroatoms. The Labute approximate surface area is 131 Å². The van der Waals surface area contributed by atoms with Gasteiger partial charge in [0.25, 0.3) is 0 Å². The highest BCUT2D eigenvalue weighted by Crippen LogP contribution is 2.38. The normalized spacial score (nSPS) is 16.5. The first kappa shape index (κ1) is 17.6. The molecular formula is C14H15F3O5S. The lowest BCUT2D eigenvalue weighted by molar-refractivity contribution is -0.137. The van der Waals surface area contributed by atoms with Crippen LogP contribution in [0.1, 0.15) is 41.6 Å². The van der Waals surface area contributed by atoms with Crippen molar-refractivity contribution in [2.24, 2.45) is 0 Å². The number of hydrogen-bond donors (Lipinski definition) is 1. The molecule has 5 nitrogen and oxygen atoms in total. The molecule has 1 aromatic carbocycles. The number of ether oxygens (including phenoxy) is 1. The Morgan fingerprint density at radius 1 is 1.26 bits per heavy atom. The molecule has 2 rings (SSSR count). The van der Waals surface area contributed by atoms with E-state index in [2.05, 4.69) is 0 Å². The van der Waals surface area contributed by atoms with Gasteiger partial charge in [-0.25, -0.2) is 13.2 Å². The van der Waals surface area contributed by atoms with E-state index in [1.54, 1.807) is 0 Å². The summed E-state index contributed by atoms with van der Waals surface area (Å²) in [6.45, 7) is 0. The number of hydrogen-bond acceptors (Lipinski definition) is 4. The fourth-order valence-electron chi connectivity index (χ4n) is 2.49. The van der Waals surface area contributed by atoms with Crippen LogP contribution in [0.15, 0.2) is 17.0 Å². The maximum absolute atomic E-state index is 12.9. The van der Waals surface area contributed by atoms with Crippen LogP contribution in [-0.2, 0) is 16.0 Å². The van der Waals surface area contributed by atoms with Crippen molar-refractivity contribution in [3.05, 3.63) is 23.3 Å². The van der Waals surface area contributed by atoms with E-state index >= 15 is 0 Å². The van der Waals surface area contributed by atoms with Crippen molar-refractivity contribution in [3.8, 4) is 5.75 Å². The first-order valence-electron chi connectivity index (χ1n) is 6.85. The summed E-state index contributed by atoms with van der Waals surface area (Å²) < 4.78 is 67.9. The van der Waals surface area contributed by atoms with Gasteiger partial charge in [-0.2, -0.15) is 13.2 Å². The van der Waals surface area contributed by atoms with Crippen molar-refractivity contribution in [1.29, 1.82) is 0 Å². The summed E-state index contributed by atoms with van der Waals surface area (Å²) in [7, 11) is -4.10. The second-order valence-electron chi connectivity index (χ2n) is 5.45. The van der Waals surface area contributed by atoms with Crippen LogP contribution in [0.3, 0.4) is 0 Å². The average molecular weight is 352 g/mol. The topological polar surface area (TPSA) is 80.7 Å². The predicted octanol–water partition coefficient (Wildman–Crippen LogP) is 3.13. The highest BCUT2D eigenvalue weighted by molar-refractivity contribution is 7.90. The molecule has 1 aliphatic carbocycles. The molecular weight excluding hydrogens is 337 g/mol. The molecule has 0 bridgehead atoms. The van der Waals surface area contributed by atoms with Gasteiger partial charge in [0, 0.05) is 6.26 Å². The summed E-state index contributed by atoms with van der Waals surface area (Å²) in [4.78, 5) is 10.6. The van der Waals surface area contributed by atoms with Crippen molar-refractivity contribution in [3.63, 3.8) is 0 Å². The van der Waals surface area contributed by atoms with Crippen molar-refractivity contribution >= 4 is 15.8 Å². The van der Waals surface area contributed by atoms with Gasteiger partial charge in [0.2, 0.25) is 0 Å². The highest BCUT2D eigenvalue weighted by atomic mass is 32.2. The van der Waals surface area contributed by atoms with Gasteiger partial charge in [-0.3, -0.25) is 0 Å². The van der Waals surface area contributed by atoms with Gasteiger partial charge >= 0.3 is 12.1 Å². The molecule has 0 saturated heterocycles. The summed E-state index contributed by atoms with van der Waals surface area (Å²) in [5.74, 6) is -2.19. The molecule has 0 spiro atoms. The van der Waals surface area contributed by atoms with Gasteiger partial charge in [-0.1, -0.05) is 0 Å². The van der Waals surface area contributed by atoms with Gasteiger partial charge in [-0.15, -0.1) is 0 Å². The predicted molar refractivity (Wildman–Crippen MR) is 74.4 cm³/mol. The smallest absolute Gasteiger partial charge is 0.416 e. The molecule has 0 radical (unpaired) electrons. The van der Waals surface area contributed by atoms with E-state index in [0.29, 0.717) is 25.0 Å². The van der Waals surface area contributed by atoms with Crippen molar-refractivity contribution in [2.75, 3.05) is 6.26 Å². The molecule has 23 heavy (non-hydrogen) atoms. The summed E-state index contributed by atoms with van der Waals surface area (Å²) >= 11 is 0. The third kappa shape index (κ3) is 3.95. The number of sulfone groups is 1. The first-order valence-corrected chi connectivity index (χ1v) is 8.74. The van der Waals surface area contributed by atoms with Crippen LogP contribution in [0.25, 0.3) is 0 Å². The third-order valence-electron chi connectivity index (χ3n) is 3.60. The number of carbonyl (C=O) groups is 1. The summed E-state index contributed by atoms with van der Waals surface area (Å²) in [5.41, 5.74) is -2.14. The largest absolute Gasteiger partial charge is 0.488 e. The minimum Gasteiger partial charge on any atom is -0.488 e. The second kappa shape index (κ2) is 6.03. The van der Waals surface area contributed by atoms with E-state index in [9.17, 15) is 31.5 Å². The summed E-state index contributed by atoms with van der Waals surface area (Å²) in [6, 6.07) is 0.827. The molecule has 0 aromatic heterocycles. The lowest BCUT2D eigenvalue weighted by Gasteiger charge is -2.19. The number of aromatic carboxylic acids is 1. The van der Waals surface area contributed by atoms with Crippen molar-refractivity contribution in [2.45, 2.75) is 42.9 Å². The number of rotatable bonds is 4. The van der Waals surface area contributed by atoms with E-state index in [0.717, 1.165) is 19.1 Å².